The van der Waals surface area contributed by atoms with Gasteiger partial charge in [0.25, 0.3) is 0 Å². The van der Waals surface area contributed by atoms with Crippen LogP contribution in [0.4, 0.5) is 0 Å². The fourth-order valence-electron chi connectivity index (χ4n) is 0.651. The molecule has 4 nitrogen and oxygen atoms in total. The van der Waals surface area contributed by atoms with E-state index < -0.39 is 11.9 Å². The minimum Gasteiger partial charge on any atom is -0.478 e. The third-order valence-electron chi connectivity index (χ3n) is 1.35. The summed E-state index contributed by atoms with van der Waals surface area (Å²) in [5.74, 6) is -1.14. The summed E-state index contributed by atoms with van der Waals surface area (Å²) < 4.78 is 4.81. The molecule has 0 aromatic heterocycles. The first-order valence-electron chi connectivity index (χ1n) is 4.44. The molecule has 5 heteroatoms. The van der Waals surface area contributed by atoms with Crippen molar-refractivity contribution in [3.63, 3.8) is 0 Å². The second-order valence-electron chi connectivity index (χ2n) is 2.65. The highest BCUT2D eigenvalue weighted by atomic mass is 35.5. The molecule has 0 atom stereocenters. The molecule has 0 amide bonds. The zero-order chi connectivity index (χ0) is 13.3. The van der Waals surface area contributed by atoms with E-state index in [0.717, 1.165) is 6.08 Å². The average Bonchev–Trinajstić information content (AvgIpc) is 2.31. The summed E-state index contributed by atoms with van der Waals surface area (Å²) >= 11 is 5.31. The number of carboxylic acid groups (broad SMARTS) is 1. The number of benzene rings is 1. The van der Waals surface area contributed by atoms with Gasteiger partial charge in [0.05, 0.1) is 0 Å². The van der Waals surface area contributed by atoms with Gasteiger partial charge in [0, 0.05) is 6.08 Å². The molecule has 0 aliphatic rings. The van der Waals surface area contributed by atoms with Gasteiger partial charge in [0.1, 0.15) is 10.8 Å². The standard InChI is InChI=1S/C9H7ClO2.C3H4O2/c1-7(10)9(11)12-8-5-3-2-4-6-8;1-2-3(4)5/h2-6H,1H2;2H,1H2,(H,4,5). The van der Waals surface area contributed by atoms with E-state index in [2.05, 4.69) is 13.2 Å². The molecule has 0 unspecified atom stereocenters. The highest BCUT2D eigenvalue weighted by Gasteiger charge is 2.05. The van der Waals surface area contributed by atoms with Crippen LogP contribution in [0.5, 0.6) is 5.75 Å². The molecule has 0 aliphatic carbocycles. The molecule has 0 aliphatic heterocycles. The maximum absolute atomic E-state index is 10.9. The number of esters is 1. The summed E-state index contributed by atoms with van der Waals surface area (Å²) in [5.41, 5.74) is 0. The lowest BCUT2D eigenvalue weighted by Gasteiger charge is -2.00. The zero-order valence-electron chi connectivity index (χ0n) is 8.93. The van der Waals surface area contributed by atoms with Crippen molar-refractivity contribution >= 4 is 23.5 Å². The second kappa shape index (κ2) is 8.13. The van der Waals surface area contributed by atoms with Crippen molar-refractivity contribution in [3.05, 3.63) is 54.6 Å². The van der Waals surface area contributed by atoms with E-state index >= 15 is 0 Å². The Morgan fingerprint density at radius 1 is 1.29 bits per heavy atom. The van der Waals surface area contributed by atoms with Gasteiger partial charge in [-0.15, -0.1) is 0 Å². The Balaban J connectivity index is 0.000000437. The summed E-state index contributed by atoms with van der Waals surface area (Å²) in [6.45, 7) is 6.20. The first-order valence-corrected chi connectivity index (χ1v) is 4.82. The lowest BCUT2D eigenvalue weighted by atomic mass is 10.3. The van der Waals surface area contributed by atoms with Gasteiger partial charge in [-0.2, -0.15) is 0 Å². The van der Waals surface area contributed by atoms with Crippen LogP contribution in [0.15, 0.2) is 54.6 Å². The SMILES string of the molecule is C=C(Cl)C(=O)Oc1ccccc1.C=CC(=O)O. The molecule has 0 bridgehead atoms. The van der Waals surface area contributed by atoms with Crippen LogP contribution >= 0.6 is 11.6 Å². The molecule has 1 aromatic rings. The number of hydrogen-bond acceptors (Lipinski definition) is 3. The summed E-state index contributed by atoms with van der Waals surface area (Å²) in [6.07, 6.45) is 0.833. The van der Waals surface area contributed by atoms with E-state index in [9.17, 15) is 9.59 Å². The Bertz CT molecular complexity index is 412. The molecule has 0 heterocycles. The Kier molecular flexibility index (Phi) is 7.14. The van der Waals surface area contributed by atoms with Gasteiger partial charge in [-0.1, -0.05) is 43.0 Å². The minimum absolute atomic E-state index is 0.126. The molecule has 0 fully saturated rings. The van der Waals surface area contributed by atoms with Crippen LogP contribution in [0.2, 0.25) is 0 Å². The average molecular weight is 255 g/mol. The van der Waals surface area contributed by atoms with Gasteiger partial charge in [-0.05, 0) is 12.1 Å². The lowest BCUT2D eigenvalue weighted by Crippen LogP contribution is -2.06. The normalized spacial score (nSPS) is 8.29. The summed E-state index contributed by atoms with van der Waals surface area (Å²) in [7, 11) is 0. The quantitative estimate of drug-likeness (QED) is 0.512. The van der Waals surface area contributed by atoms with Crippen molar-refractivity contribution in [3.8, 4) is 5.75 Å². The Morgan fingerprint density at radius 3 is 2.12 bits per heavy atom. The number of hydrogen-bond donors (Lipinski definition) is 1. The van der Waals surface area contributed by atoms with Crippen LogP contribution in [0, 0.1) is 0 Å². The molecule has 0 radical (unpaired) electrons. The minimum atomic E-state index is -0.981. The summed E-state index contributed by atoms with van der Waals surface area (Å²) in [5, 5.41) is 7.48. The fourth-order valence-corrected chi connectivity index (χ4v) is 0.690. The topological polar surface area (TPSA) is 63.6 Å². The van der Waals surface area contributed by atoms with Gasteiger partial charge in [0.2, 0.25) is 0 Å². The van der Waals surface area contributed by atoms with E-state index in [1.165, 1.54) is 0 Å². The predicted octanol–water partition coefficient (Wildman–Crippen LogP) is 2.60. The van der Waals surface area contributed by atoms with Crippen molar-refractivity contribution in [2.45, 2.75) is 0 Å². The Hall–Kier alpha value is -2.07. The van der Waals surface area contributed by atoms with Crippen molar-refractivity contribution in [1.82, 2.24) is 0 Å². The van der Waals surface area contributed by atoms with E-state index in [4.69, 9.17) is 21.4 Å². The molecule has 0 saturated carbocycles. The van der Waals surface area contributed by atoms with Crippen LogP contribution in [-0.2, 0) is 9.59 Å². The number of aliphatic carboxylic acids is 1. The molecule has 0 spiro atoms. The molecule has 1 N–H and O–H groups in total. The molecule has 1 aromatic carbocycles. The highest BCUT2D eigenvalue weighted by Crippen LogP contribution is 2.11. The van der Waals surface area contributed by atoms with Crippen LogP contribution in [-0.4, -0.2) is 17.0 Å². The smallest absolute Gasteiger partial charge is 0.354 e. The maximum Gasteiger partial charge on any atom is 0.354 e. The van der Waals surface area contributed by atoms with Gasteiger partial charge in [-0.3, -0.25) is 0 Å². The lowest BCUT2D eigenvalue weighted by molar-refractivity contribution is -0.131. The molecule has 17 heavy (non-hydrogen) atoms. The largest absolute Gasteiger partial charge is 0.478 e. The van der Waals surface area contributed by atoms with Gasteiger partial charge >= 0.3 is 11.9 Å². The molecular weight excluding hydrogens is 244 g/mol. The first-order chi connectivity index (χ1) is 7.97. The molecule has 90 valence electrons. The second-order valence-corrected chi connectivity index (χ2v) is 3.11. The molecule has 1 rings (SSSR count). The predicted molar refractivity (Wildman–Crippen MR) is 64.9 cm³/mol. The maximum atomic E-state index is 10.9. The number of rotatable bonds is 3. The van der Waals surface area contributed by atoms with Crippen molar-refractivity contribution in [2.24, 2.45) is 0 Å². The van der Waals surface area contributed by atoms with Gasteiger partial charge in [-0.25, -0.2) is 9.59 Å². The Morgan fingerprint density at radius 2 is 1.76 bits per heavy atom. The van der Waals surface area contributed by atoms with E-state index in [0.29, 0.717) is 5.75 Å². The fraction of sp³-hybridized carbons (Fsp3) is 0. The summed E-state index contributed by atoms with van der Waals surface area (Å²) in [6, 6.07) is 8.68. The highest BCUT2D eigenvalue weighted by molar-refractivity contribution is 6.41. The third-order valence-corrected chi connectivity index (χ3v) is 1.50. The van der Waals surface area contributed by atoms with Gasteiger partial charge < -0.3 is 9.84 Å². The Labute approximate surface area is 104 Å². The van der Waals surface area contributed by atoms with Crippen molar-refractivity contribution in [1.29, 1.82) is 0 Å². The monoisotopic (exact) mass is 254 g/mol. The first kappa shape index (κ1) is 14.9. The van der Waals surface area contributed by atoms with Crippen molar-refractivity contribution in [2.75, 3.05) is 0 Å². The summed E-state index contributed by atoms with van der Waals surface area (Å²) in [4.78, 5) is 20.1. The molecular formula is C12H11ClO4. The van der Waals surface area contributed by atoms with Crippen LogP contribution in [0.1, 0.15) is 0 Å². The van der Waals surface area contributed by atoms with Crippen LogP contribution < -0.4 is 4.74 Å². The van der Waals surface area contributed by atoms with Gasteiger partial charge in [0.15, 0.2) is 0 Å². The third kappa shape index (κ3) is 7.81. The number of para-hydroxylation sites is 1. The number of carboxylic acids is 1. The molecule has 0 saturated heterocycles. The van der Waals surface area contributed by atoms with Crippen LogP contribution in [0.25, 0.3) is 0 Å². The number of ether oxygens (including phenoxy) is 1. The van der Waals surface area contributed by atoms with E-state index in [-0.39, 0.29) is 5.03 Å². The number of carbonyl (C=O) groups is 2. The zero-order valence-corrected chi connectivity index (χ0v) is 9.68. The van der Waals surface area contributed by atoms with E-state index in [1.807, 2.05) is 6.07 Å². The number of halogens is 1. The van der Waals surface area contributed by atoms with E-state index in [1.54, 1.807) is 24.3 Å². The van der Waals surface area contributed by atoms with Crippen molar-refractivity contribution < 1.29 is 19.4 Å². The number of carbonyl (C=O) groups excluding carboxylic acids is 1. The van der Waals surface area contributed by atoms with Crippen LogP contribution in [0.3, 0.4) is 0 Å².